The summed E-state index contributed by atoms with van der Waals surface area (Å²) in [4.78, 5) is 4.66. The van der Waals surface area contributed by atoms with Crippen molar-refractivity contribution in [1.82, 2.24) is 4.98 Å². The summed E-state index contributed by atoms with van der Waals surface area (Å²) in [7, 11) is 0. The van der Waals surface area contributed by atoms with Gasteiger partial charge >= 0.3 is 0 Å². The minimum Gasteiger partial charge on any atom is -0.336 e. The van der Waals surface area contributed by atoms with Gasteiger partial charge in [0, 0.05) is 16.6 Å². The van der Waals surface area contributed by atoms with Gasteiger partial charge in [-0.1, -0.05) is 51.6 Å². The number of aryl methyl sites for hydroxylation is 1. The number of nitrogens with zero attached hydrogens (tertiary/aromatic N) is 1. The average Bonchev–Trinajstić information content (AvgIpc) is 2.86. The highest BCUT2D eigenvalue weighted by Crippen LogP contribution is 2.28. The second-order valence-electron chi connectivity index (χ2n) is 4.85. The Bertz CT molecular complexity index is 570. The number of rotatable bonds is 5. The van der Waals surface area contributed by atoms with Crippen LogP contribution >= 0.6 is 11.3 Å². The average molecular weight is 272 g/mol. The fourth-order valence-corrected chi connectivity index (χ4v) is 2.56. The Morgan fingerprint density at radius 2 is 2.11 bits per heavy atom. The van der Waals surface area contributed by atoms with Crippen molar-refractivity contribution in [2.75, 3.05) is 5.32 Å². The predicted octanol–water partition coefficient (Wildman–Crippen LogP) is 4.95. The summed E-state index contributed by atoms with van der Waals surface area (Å²) < 4.78 is 0. The van der Waals surface area contributed by atoms with Crippen LogP contribution in [0.25, 0.3) is 11.3 Å². The molecule has 0 aliphatic carbocycles. The summed E-state index contributed by atoms with van der Waals surface area (Å²) in [5.41, 5.74) is 4.61. The second-order valence-corrected chi connectivity index (χ2v) is 5.71. The Balaban J connectivity index is 2.23. The van der Waals surface area contributed by atoms with E-state index in [4.69, 9.17) is 0 Å². The third kappa shape index (κ3) is 3.24. The van der Waals surface area contributed by atoms with Gasteiger partial charge in [0.25, 0.3) is 0 Å². The lowest BCUT2D eigenvalue weighted by atomic mass is 10.0. The highest BCUT2D eigenvalue weighted by atomic mass is 32.1. The molecule has 0 spiro atoms. The number of thiazole rings is 1. The fourth-order valence-electron chi connectivity index (χ4n) is 1.82. The summed E-state index contributed by atoms with van der Waals surface area (Å²) in [6.45, 7) is 10.4. The van der Waals surface area contributed by atoms with Crippen molar-refractivity contribution >= 4 is 16.5 Å². The molecule has 0 aliphatic heterocycles. The largest absolute Gasteiger partial charge is 0.336 e. The molecule has 0 aliphatic rings. The molecule has 2 nitrogen and oxygen atoms in total. The van der Waals surface area contributed by atoms with E-state index in [9.17, 15) is 0 Å². The first-order chi connectivity index (χ1) is 9.11. The maximum atomic E-state index is 4.66. The van der Waals surface area contributed by atoms with Crippen LogP contribution in [-0.2, 0) is 6.42 Å². The Morgan fingerprint density at radius 1 is 1.37 bits per heavy atom. The standard InChI is InChI=1S/C16H20N2S/c1-5-13-8-6-7-9-14(13)15-10-19-16(18-15)17-12(4)11(2)3/h6-11H,4-5H2,1-3H3,(H,17,18). The molecule has 1 aromatic carbocycles. The van der Waals surface area contributed by atoms with Gasteiger partial charge in [0.2, 0.25) is 0 Å². The van der Waals surface area contributed by atoms with Crippen molar-refractivity contribution in [3.63, 3.8) is 0 Å². The molecule has 0 saturated carbocycles. The van der Waals surface area contributed by atoms with Crippen LogP contribution in [-0.4, -0.2) is 4.98 Å². The number of hydrogen-bond acceptors (Lipinski definition) is 3. The van der Waals surface area contributed by atoms with E-state index >= 15 is 0 Å². The van der Waals surface area contributed by atoms with E-state index in [-0.39, 0.29) is 0 Å². The number of aromatic nitrogens is 1. The molecule has 0 saturated heterocycles. The number of benzene rings is 1. The number of anilines is 1. The van der Waals surface area contributed by atoms with Crippen LogP contribution in [0.5, 0.6) is 0 Å². The zero-order valence-corrected chi connectivity index (χ0v) is 12.6. The summed E-state index contributed by atoms with van der Waals surface area (Å²) in [5.74, 6) is 0.412. The molecule has 0 fully saturated rings. The molecule has 100 valence electrons. The lowest BCUT2D eigenvalue weighted by Crippen LogP contribution is -2.03. The summed E-state index contributed by atoms with van der Waals surface area (Å²) >= 11 is 1.63. The third-order valence-electron chi connectivity index (χ3n) is 3.14. The molecule has 0 amide bonds. The zero-order chi connectivity index (χ0) is 13.8. The first kappa shape index (κ1) is 13.8. The van der Waals surface area contributed by atoms with Crippen molar-refractivity contribution in [1.29, 1.82) is 0 Å². The molecule has 1 aromatic heterocycles. The van der Waals surface area contributed by atoms with Gasteiger partial charge in [-0.15, -0.1) is 11.3 Å². The highest BCUT2D eigenvalue weighted by Gasteiger charge is 2.09. The third-order valence-corrected chi connectivity index (χ3v) is 3.90. The molecular formula is C16H20N2S. The maximum absolute atomic E-state index is 4.66. The van der Waals surface area contributed by atoms with Crippen molar-refractivity contribution in [3.05, 3.63) is 47.5 Å². The lowest BCUT2D eigenvalue weighted by Gasteiger charge is -2.09. The van der Waals surface area contributed by atoms with Gasteiger partial charge < -0.3 is 5.32 Å². The van der Waals surface area contributed by atoms with E-state index in [0.29, 0.717) is 5.92 Å². The van der Waals surface area contributed by atoms with Crippen molar-refractivity contribution in [3.8, 4) is 11.3 Å². The van der Waals surface area contributed by atoms with Crippen molar-refractivity contribution in [2.45, 2.75) is 27.2 Å². The van der Waals surface area contributed by atoms with Crippen LogP contribution in [0.4, 0.5) is 5.13 Å². The summed E-state index contributed by atoms with van der Waals surface area (Å²) in [5, 5.41) is 6.30. The van der Waals surface area contributed by atoms with E-state index in [1.54, 1.807) is 11.3 Å². The first-order valence-corrected chi connectivity index (χ1v) is 7.49. The quantitative estimate of drug-likeness (QED) is 0.832. The molecule has 2 aromatic rings. The van der Waals surface area contributed by atoms with Crippen molar-refractivity contribution in [2.24, 2.45) is 5.92 Å². The number of allylic oxidation sites excluding steroid dienone is 1. The van der Waals surface area contributed by atoms with Crippen molar-refractivity contribution < 1.29 is 0 Å². The molecule has 3 heteroatoms. The van der Waals surface area contributed by atoms with Crippen LogP contribution in [0.1, 0.15) is 26.3 Å². The fraction of sp³-hybridized carbons (Fsp3) is 0.312. The molecule has 0 radical (unpaired) electrons. The Kier molecular flexibility index (Phi) is 4.38. The van der Waals surface area contributed by atoms with E-state index in [1.165, 1.54) is 11.1 Å². The molecule has 0 unspecified atom stereocenters. The normalized spacial score (nSPS) is 10.7. The molecule has 1 heterocycles. The SMILES string of the molecule is C=C(Nc1nc(-c2ccccc2CC)cs1)C(C)C. The Hall–Kier alpha value is -1.61. The topological polar surface area (TPSA) is 24.9 Å². The molecule has 19 heavy (non-hydrogen) atoms. The maximum Gasteiger partial charge on any atom is 0.187 e. The minimum atomic E-state index is 0.412. The van der Waals surface area contributed by atoms with Gasteiger partial charge in [-0.3, -0.25) is 0 Å². The molecular weight excluding hydrogens is 252 g/mol. The van der Waals surface area contributed by atoms with Gasteiger partial charge in [0.1, 0.15) is 0 Å². The van der Waals surface area contributed by atoms with Crippen LogP contribution in [0.3, 0.4) is 0 Å². The van der Waals surface area contributed by atoms with Crippen LogP contribution < -0.4 is 5.32 Å². The smallest absolute Gasteiger partial charge is 0.187 e. The van der Waals surface area contributed by atoms with E-state index < -0.39 is 0 Å². The Morgan fingerprint density at radius 3 is 2.79 bits per heavy atom. The molecule has 1 N–H and O–H groups in total. The zero-order valence-electron chi connectivity index (χ0n) is 11.7. The molecule has 2 rings (SSSR count). The van der Waals surface area contributed by atoms with E-state index in [0.717, 1.165) is 22.9 Å². The molecule has 0 bridgehead atoms. The second kappa shape index (κ2) is 6.02. The van der Waals surface area contributed by atoms with Gasteiger partial charge in [0.15, 0.2) is 5.13 Å². The summed E-state index contributed by atoms with van der Waals surface area (Å²) in [6.07, 6.45) is 1.02. The van der Waals surface area contributed by atoms with Gasteiger partial charge in [-0.25, -0.2) is 4.98 Å². The highest BCUT2D eigenvalue weighted by molar-refractivity contribution is 7.14. The predicted molar refractivity (Wildman–Crippen MR) is 84.5 cm³/mol. The Labute approximate surface area is 119 Å². The molecule has 0 atom stereocenters. The van der Waals surface area contributed by atoms with Crippen LogP contribution in [0.15, 0.2) is 41.9 Å². The minimum absolute atomic E-state index is 0.412. The van der Waals surface area contributed by atoms with Gasteiger partial charge in [-0.05, 0) is 17.9 Å². The monoisotopic (exact) mass is 272 g/mol. The van der Waals surface area contributed by atoms with Crippen LogP contribution in [0.2, 0.25) is 0 Å². The van der Waals surface area contributed by atoms with Gasteiger partial charge in [0.05, 0.1) is 5.69 Å². The summed E-state index contributed by atoms with van der Waals surface area (Å²) in [6, 6.07) is 8.44. The number of hydrogen-bond donors (Lipinski definition) is 1. The van der Waals surface area contributed by atoms with Gasteiger partial charge in [-0.2, -0.15) is 0 Å². The van der Waals surface area contributed by atoms with E-state index in [2.05, 4.69) is 67.3 Å². The number of nitrogens with one attached hydrogen (secondary N) is 1. The lowest BCUT2D eigenvalue weighted by molar-refractivity contribution is 0.778. The van der Waals surface area contributed by atoms with Crippen LogP contribution in [0, 0.1) is 5.92 Å². The first-order valence-electron chi connectivity index (χ1n) is 6.61. The van der Waals surface area contributed by atoms with E-state index in [1.807, 2.05) is 0 Å².